The van der Waals surface area contributed by atoms with Crippen molar-refractivity contribution in [2.45, 2.75) is 32.3 Å². The van der Waals surface area contributed by atoms with Crippen molar-refractivity contribution in [3.05, 3.63) is 41.2 Å². The molecular weight excluding hydrogens is 214 g/mol. The molecule has 4 heteroatoms. The van der Waals surface area contributed by atoms with E-state index in [1.165, 1.54) is 24.0 Å². The van der Waals surface area contributed by atoms with Crippen molar-refractivity contribution in [3.8, 4) is 5.69 Å². The molecule has 1 aromatic heterocycles. The van der Waals surface area contributed by atoms with Crippen LogP contribution in [-0.4, -0.2) is 20.1 Å². The molecule has 0 spiro atoms. The minimum Gasteiger partial charge on any atom is -0.387 e. The first-order chi connectivity index (χ1) is 8.24. The van der Waals surface area contributed by atoms with E-state index in [-0.39, 0.29) is 0 Å². The summed E-state index contributed by atoms with van der Waals surface area (Å²) in [4.78, 5) is 0. The van der Waals surface area contributed by atoms with E-state index in [9.17, 15) is 5.11 Å². The lowest BCUT2D eigenvalue weighted by Crippen LogP contribution is -1.96. The van der Waals surface area contributed by atoms with Gasteiger partial charge in [-0.3, -0.25) is 0 Å². The predicted molar refractivity (Wildman–Crippen MR) is 64.0 cm³/mol. The smallest absolute Gasteiger partial charge is 0.111 e. The molecule has 2 aromatic rings. The van der Waals surface area contributed by atoms with Crippen LogP contribution in [0.3, 0.4) is 0 Å². The van der Waals surface area contributed by atoms with Crippen LogP contribution in [0.15, 0.2) is 24.4 Å². The van der Waals surface area contributed by atoms with Crippen molar-refractivity contribution in [2.24, 2.45) is 0 Å². The average molecular weight is 229 g/mol. The molecule has 0 bridgehead atoms. The maximum atomic E-state index is 9.42. The first-order valence-electron chi connectivity index (χ1n) is 5.96. The quantitative estimate of drug-likeness (QED) is 0.854. The number of benzene rings is 1. The number of rotatable bonds is 2. The molecule has 0 fully saturated rings. The van der Waals surface area contributed by atoms with Crippen LogP contribution in [0.1, 0.15) is 36.3 Å². The van der Waals surface area contributed by atoms with Gasteiger partial charge in [0.05, 0.1) is 18.0 Å². The lowest BCUT2D eigenvalue weighted by Gasteiger charge is -2.03. The number of aliphatic hydroxyl groups excluding tert-OH is 1. The van der Waals surface area contributed by atoms with Crippen molar-refractivity contribution >= 4 is 0 Å². The van der Waals surface area contributed by atoms with Gasteiger partial charge >= 0.3 is 0 Å². The molecule has 17 heavy (non-hydrogen) atoms. The lowest BCUT2D eigenvalue weighted by molar-refractivity contribution is 0.194. The molecule has 1 N–H and O–H groups in total. The Labute approximate surface area is 99.9 Å². The molecule has 1 aromatic carbocycles. The Morgan fingerprint density at radius 3 is 2.88 bits per heavy atom. The zero-order chi connectivity index (χ0) is 11.8. The lowest BCUT2D eigenvalue weighted by atomic mass is 10.1. The molecule has 3 rings (SSSR count). The molecule has 1 aliphatic rings. The standard InChI is InChI=1S/C13H15N3O/c1-9(17)13-8-16(15-14-13)12-6-5-10-3-2-4-11(10)7-12/h5-9,17H,2-4H2,1H3. The molecule has 0 saturated carbocycles. The van der Waals surface area contributed by atoms with Gasteiger partial charge in [0.25, 0.3) is 0 Å². The molecule has 0 saturated heterocycles. The summed E-state index contributed by atoms with van der Waals surface area (Å²) in [6.07, 6.45) is 4.79. The highest BCUT2D eigenvalue weighted by Crippen LogP contribution is 2.24. The fourth-order valence-corrected chi connectivity index (χ4v) is 2.30. The minimum atomic E-state index is -0.571. The van der Waals surface area contributed by atoms with Gasteiger partial charge in [-0.2, -0.15) is 0 Å². The molecule has 1 aliphatic carbocycles. The van der Waals surface area contributed by atoms with Gasteiger partial charge in [0.15, 0.2) is 0 Å². The highest BCUT2D eigenvalue weighted by Gasteiger charge is 2.13. The molecule has 0 aliphatic heterocycles. The molecule has 88 valence electrons. The van der Waals surface area contributed by atoms with Crippen LogP contribution in [0, 0.1) is 0 Å². The molecule has 1 unspecified atom stereocenters. The second-order valence-corrected chi connectivity index (χ2v) is 4.57. The number of aryl methyl sites for hydroxylation is 2. The molecule has 1 heterocycles. The van der Waals surface area contributed by atoms with E-state index in [1.807, 2.05) is 0 Å². The van der Waals surface area contributed by atoms with Gasteiger partial charge in [0.1, 0.15) is 5.69 Å². The van der Waals surface area contributed by atoms with E-state index in [0.717, 1.165) is 12.1 Å². The summed E-state index contributed by atoms with van der Waals surface area (Å²) in [5.74, 6) is 0. The first kappa shape index (κ1) is 10.5. The topological polar surface area (TPSA) is 50.9 Å². The van der Waals surface area contributed by atoms with Gasteiger partial charge in [-0.25, -0.2) is 4.68 Å². The maximum absolute atomic E-state index is 9.42. The fraction of sp³-hybridized carbons (Fsp3) is 0.385. The van der Waals surface area contributed by atoms with E-state index >= 15 is 0 Å². The summed E-state index contributed by atoms with van der Waals surface area (Å²) < 4.78 is 1.72. The third kappa shape index (κ3) is 1.85. The van der Waals surface area contributed by atoms with Crippen LogP contribution in [-0.2, 0) is 12.8 Å². The van der Waals surface area contributed by atoms with E-state index in [1.54, 1.807) is 17.8 Å². The Morgan fingerprint density at radius 2 is 2.12 bits per heavy atom. The molecule has 1 atom stereocenters. The third-order valence-corrected chi connectivity index (χ3v) is 3.29. The van der Waals surface area contributed by atoms with Crippen LogP contribution in [0.2, 0.25) is 0 Å². The van der Waals surface area contributed by atoms with Gasteiger partial charge in [0.2, 0.25) is 0 Å². The fourth-order valence-electron chi connectivity index (χ4n) is 2.30. The summed E-state index contributed by atoms with van der Waals surface area (Å²) in [5.41, 5.74) is 4.48. The number of hydrogen-bond donors (Lipinski definition) is 1. The zero-order valence-corrected chi connectivity index (χ0v) is 9.80. The van der Waals surface area contributed by atoms with Crippen LogP contribution in [0.25, 0.3) is 5.69 Å². The highest BCUT2D eigenvalue weighted by molar-refractivity contribution is 5.42. The summed E-state index contributed by atoms with van der Waals surface area (Å²) in [7, 11) is 0. The Bertz CT molecular complexity index is 545. The molecule has 0 radical (unpaired) electrons. The Balaban J connectivity index is 1.97. The third-order valence-electron chi connectivity index (χ3n) is 3.29. The average Bonchev–Trinajstić information content (AvgIpc) is 2.97. The maximum Gasteiger partial charge on any atom is 0.111 e. The van der Waals surface area contributed by atoms with E-state index in [2.05, 4.69) is 28.5 Å². The second kappa shape index (κ2) is 3.96. The number of nitrogens with zero attached hydrogens (tertiary/aromatic N) is 3. The highest BCUT2D eigenvalue weighted by atomic mass is 16.3. The summed E-state index contributed by atoms with van der Waals surface area (Å²) in [6, 6.07) is 6.40. The normalized spacial score (nSPS) is 15.9. The van der Waals surface area contributed by atoms with Gasteiger partial charge in [-0.1, -0.05) is 11.3 Å². The molecular formula is C13H15N3O. The molecule has 4 nitrogen and oxygen atoms in total. The van der Waals surface area contributed by atoms with Crippen molar-refractivity contribution in [1.82, 2.24) is 15.0 Å². The number of aromatic nitrogens is 3. The van der Waals surface area contributed by atoms with Crippen molar-refractivity contribution < 1.29 is 5.11 Å². The predicted octanol–water partition coefficient (Wildman–Crippen LogP) is 1.81. The SMILES string of the molecule is CC(O)c1cn(-c2ccc3c(c2)CCC3)nn1. The second-order valence-electron chi connectivity index (χ2n) is 4.57. The number of fused-ring (bicyclic) bond motifs is 1. The number of hydrogen-bond acceptors (Lipinski definition) is 3. The largest absolute Gasteiger partial charge is 0.387 e. The monoisotopic (exact) mass is 229 g/mol. The molecule has 0 amide bonds. The van der Waals surface area contributed by atoms with Crippen LogP contribution < -0.4 is 0 Å². The zero-order valence-electron chi connectivity index (χ0n) is 9.80. The van der Waals surface area contributed by atoms with Crippen molar-refractivity contribution in [2.75, 3.05) is 0 Å². The van der Waals surface area contributed by atoms with Crippen LogP contribution in [0.5, 0.6) is 0 Å². The van der Waals surface area contributed by atoms with Crippen molar-refractivity contribution in [1.29, 1.82) is 0 Å². The van der Waals surface area contributed by atoms with Crippen LogP contribution in [0.4, 0.5) is 0 Å². The van der Waals surface area contributed by atoms with Gasteiger partial charge < -0.3 is 5.11 Å². The Morgan fingerprint density at radius 1 is 1.29 bits per heavy atom. The van der Waals surface area contributed by atoms with E-state index in [0.29, 0.717) is 5.69 Å². The van der Waals surface area contributed by atoms with Gasteiger partial charge in [0, 0.05) is 0 Å². The van der Waals surface area contributed by atoms with E-state index < -0.39 is 6.10 Å². The van der Waals surface area contributed by atoms with Crippen LogP contribution >= 0.6 is 0 Å². The van der Waals surface area contributed by atoms with E-state index in [4.69, 9.17) is 0 Å². The summed E-state index contributed by atoms with van der Waals surface area (Å²) in [5, 5.41) is 17.4. The number of aliphatic hydroxyl groups is 1. The summed E-state index contributed by atoms with van der Waals surface area (Å²) in [6.45, 7) is 1.69. The first-order valence-corrected chi connectivity index (χ1v) is 5.96. The van der Waals surface area contributed by atoms with Crippen molar-refractivity contribution in [3.63, 3.8) is 0 Å². The minimum absolute atomic E-state index is 0.571. The summed E-state index contributed by atoms with van der Waals surface area (Å²) >= 11 is 0. The Hall–Kier alpha value is -1.68. The van der Waals surface area contributed by atoms with Gasteiger partial charge in [-0.15, -0.1) is 5.10 Å². The Kier molecular flexibility index (Phi) is 2.44. The van der Waals surface area contributed by atoms with Gasteiger partial charge in [-0.05, 0) is 49.4 Å².